The van der Waals surface area contributed by atoms with Gasteiger partial charge in [0.05, 0.1) is 0 Å². The van der Waals surface area contributed by atoms with Crippen LogP contribution in [0.1, 0.15) is 38.5 Å². The van der Waals surface area contributed by atoms with Crippen molar-refractivity contribution in [3.05, 3.63) is 0 Å². The summed E-state index contributed by atoms with van der Waals surface area (Å²) >= 11 is 0. The maximum atomic E-state index is 8.33. The van der Waals surface area contributed by atoms with Gasteiger partial charge < -0.3 is 24.5 Å². The third-order valence-corrected chi connectivity index (χ3v) is 2.15. The van der Waals surface area contributed by atoms with Gasteiger partial charge in [-0.25, -0.2) is 0 Å². The van der Waals surface area contributed by atoms with E-state index in [0.717, 1.165) is 26.4 Å². The van der Waals surface area contributed by atoms with Crippen molar-refractivity contribution in [1.29, 1.82) is 0 Å². The smallest absolute Gasteiger partial charge is 0.652 e. The topological polar surface area (TPSA) is 81.7 Å². The van der Waals surface area contributed by atoms with Crippen molar-refractivity contribution in [2.24, 2.45) is 0 Å². The van der Waals surface area contributed by atoms with Crippen molar-refractivity contribution in [3.63, 3.8) is 0 Å². The van der Waals surface area contributed by atoms with E-state index < -0.39 is 6.16 Å². The Morgan fingerprint density at radius 3 is 0.944 bits per heavy atom. The van der Waals surface area contributed by atoms with Gasteiger partial charge in [0.2, 0.25) is 0 Å². The van der Waals surface area contributed by atoms with Crippen molar-refractivity contribution < 1.29 is 83.6 Å². The number of hydrogen-bond acceptors (Lipinski definition) is 5. The van der Waals surface area contributed by atoms with Crippen LogP contribution >= 0.6 is 0 Å². The zero-order valence-corrected chi connectivity index (χ0v) is 15.6. The molecule has 5 nitrogen and oxygen atoms in total. The Bertz CT molecular complexity index is 122. The summed E-state index contributed by atoms with van der Waals surface area (Å²) in [4.78, 5) is 8.33. The number of carbonyl (C=O) groups is 1. The molecule has 0 aliphatic carbocycles. The molecule has 0 spiro atoms. The molecule has 0 N–H and O–H groups in total. The van der Waals surface area contributed by atoms with E-state index >= 15 is 0 Å². The standard InChI is InChI=1S/2C5H10O.CH2O3.2Na/c2*1-2-4-6-5-3-1;2-1(3)4;;/h2*1-5H2;(H2,2,3,4);;/q;;;2*+1/p-2. The van der Waals surface area contributed by atoms with Crippen LogP contribution in [0.3, 0.4) is 0 Å². The molecule has 96 valence electrons. The minimum absolute atomic E-state index is 0. The van der Waals surface area contributed by atoms with Crippen LogP contribution in [0.2, 0.25) is 0 Å². The van der Waals surface area contributed by atoms with Crippen molar-refractivity contribution in [2.75, 3.05) is 26.4 Å². The van der Waals surface area contributed by atoms with Gasteiger partial charge in [0.25, 0.3) is 0 Å². The van der Waals surface area contributed by atoms with Crippen LogP contribution in [-0.4, -0.2) is 32.6 Å². The Balaban J connectivity index is -0.000000182. The monoisotopic (exact) mass is 278 g/mol. The molecular weight excluding hydrogens is 258 g/mol. The van der Waals surface area contributed by atoms with Gasteiger partial charge in [-0.2, -0.15) is 0 Å². The molecule has 7 heteroatoms. The summed E-state index contributed by atoms with van der Waals surface area (Å²) in [6.07, 6.45) is 5.53. The second kappa shape index (κ2) is 20.5. The van der Waals surface area contributed by atoms with Crippen LogP contribution in [0.15, 0.2) is 0 Å². The summed E-state index contributed by atoms with van der Waals surface area (Å²) < 4.78 is 10.1. The van der Waals surface area contributed by atoms with Crippen LogP contribution in [0.4, 0.5) is 4.79 Å². The van der Waals surface area contributed by atoms with Crippen molar-refractivity contribution in [1.82, 2.24) is 0 Å². The largest absolute Gasteiger partial charge is 1.00 e. The minimum atomic E-state index is -2.33. The first-order valence-electron chi connectivity index (χ1n) is 5.77. The SMILES string of the molecule is C1CCOCC1.C1CCOCC1.O=C([O-])[O-].[Na+].[Na+]. The Morgan fingerprint density at radius 1 is 0.667 bits per heavy atom. The summed E-state index contributed by atoms with van der Waals surface area (Å²) in [6, 6.07) is 0. The fourth-order valence-electron chi connectivity index (χ4n) is 1.37. The van der Waals surface area contributed by atoms with E-state index in [0.29, 0.717) is 0 Å². The molecule has 18 heavy (non-hydrogen) atoms. The van der Waals surface area contributed by atoms with Crippen LogP contribution < -0.4 is 69.3 Å². The predicted molar refractivity (Wildman–Crippen MR) is 54.7 cm³/mol. The molecule has 2 heterocycles. The Morgan fingerprint density at radius 2 is 0.889 bits per heavy atom. The summed E-state index contributed by atoms with van der Waals surface area (Å²) in [6.45, 7) is 4.00. The van der Waals surface area contributed by atoms with E-state index in [2.05, 4.69) is 0 Å². The number of carbonyl (C=O) groups excluding carboxylic acids is 1. The summed E-state index contributed by atoms with van der Waals surface area (Å²) in [5.41, 5.74) is 0. The van der Waals surface area contributed by atoms with Gasteiger partial charge >= 0.3 is 59.1 Å². The average molecular weight is 278 g/mol. The first-order chi connectivity index (χ1) is 7.73. The number of carboxylic acid groups (broad SMARTS) is 2. The first kappa shape index (κ1) is 24.2. The summed E-state index contributed by atoms with van der Waals surface area (Å²) in [7, 11) is 0. The normalized spacial score (nSPS) is 17.3. The van der Waals surface area contributed by atoms with Crippen LogP contribution in [0.5, 0.6) is 0 Å². The second-order valence-electron chi connectivity index (χ2n) is 3.60. The zero-order valence-electron chi connectivity index (χ0n) is 11.6. The number of rotatable bonds is 0. The van der Waals surface area contributed by atoms with E-state index in [1.54, 1.807) is 0 Å². The van der Waals surface area contributed by atoms with Gasteiger partial charge in [0.15, 0.2) is 0 Å². The molecule has 0 aromatic rings. The molecule has 0 aromatic heterocycles. The van der Waals surface area contributed by atoms with Crippen LogP contribution in [-0.2, 0) is 9.47 Å². The maximum Gasteiger partial charge on any atom is 1.00 e. The van der Waals surface area contributed by atoms with Gasteiger partial charge in [0, 0.05) is 26.4 Å². The molecule has 2 saturated heterocycles. The summed E-state index contributed by atoms with van der Waals surface area (Å²) in [5, 5.41) is 16.7. The molecule has 2 aliphatic heterocycles. The molecular formula is C11H20Na2O5. The second-order valence-corrected chi connectivity index (χ2v) is 3.60. The van der Waals surface area contributed by atoms with Gasteiger partial charge in [-0.05, 0) is 44.7 Å². The Labute approximate surface area is 153 Å². The van der Waals surface area contributed by atoms with E-state index in [1.165, 1.54) is 38.5 Å². The fourth-order valence-corrected chi connectivity index (χ4v) is 1.37. The fraction of sp³-hybridized carbons (Fsp3) is 0.909. The molecule has 0 radical (unpaired) electrons. The molecule has 0 unspecified atom stereocenters. The van der Waals surface area contributed by atoms with Gasteiger partial charge in [-0.1, -0.05) is 0 Å². The summed E-state index contributed by atoms with van der Waals surface area (Å²) in [5.74, 6) is 0. The van der Waals surface area contributed by atoms with Gasteiger partial charge in [-0.15, -0.1) is 0 Å². The van der Waals surface area contributed by atoms with E-state index in [4.69, 9.17) is 24.5 Å². The maximum absolute atomic E-state index is 8.33. The third kappa shape index (κ3) is 25.9. The molecule has 0 atom stereocenters. The van der Waals surface area contributed by atoms with Crippen molar-refractivity contribution in [3.8, 4) is 0 Å². The molecule has 0 saturated carbocycles. The minimum Gasteiger partial charge on any atom is -0.652 e. The predicted octanol–water partition coefficient (Wildman–Crippen LogP) is -6.07. The van der Waals surface area contributed by atoms with E-state index in [-0.39, 0.29) is 59.1 Å². The third-order valence-electron chi connectivity index (χ3n) is 2.15. The quantitative estimate of drug-likeness (QED) is 0.412. The molecule has 0 aromatic carbocycles. The van der Waals surface area contributed by atoms with E-state index in [1.807, 2.05) is 0 Å². The van der Waals surface area contributed by atoms with E-state index in [9.17, 15) is 0 Å². The first-order valence-corrected chi connectivity index (χ1v) is 5.77. The van der Waals surface area contributed by atoms with Crippen molar-refractivity contribution >= 4 is 6.16 Å². The van der Waals surface area contributed by atoms with Gasteiger partial charge in [0.1, 0.15) is 0 Å². The number of ether oxygens (including phenoxy) is 2. The van der Waals surface area contributed by atoms with Crippen molar-refractivity contribution in [2.45, 2.75) is 38.5 Å². The Kier molecular flexibility index (Phi) is 27.6. The molecule has 0 amide bonds. The number of hydrogen-bond donors (Lipinski definition) is 0. The Hall–Kier alpha value is 1.19. The molecule has 2 rings (SSSR count). The molecule has 0 bridgehead atoms. The zero-order chi connectivity index (χ0) is 12.1. The van der Waals surface area contributed by atoms with Crippen LogP contribution in [0.25, 0.3) is 0 Å². The van der Waals surface area contributed by atoms with Gasteiger partial charge in [-0.3, -0.25) is 0 Å². The van der Waals surface area contributed by atoms with Crippen LogP contribution in [0, 0.1) is 0 Å². The molecule has 2 aliphatic rings. The average Bonchev–Trinajstić information content (AvgIpc) is 2.34. The molecule has 2 fully saturated rings.